The Morgan fingerprint density at radius 3 is 2.74 bits per heavy atom. The second kappa shape index (κ2) is 6.57. The second-order valence-electron chi connectivity index (χ2n) is 3.84. The first-order valence-corrected chi connectivity index (χ1v) is 7.07. The third kappa shape index (κ3) is 3.83. The fourth-order valence-electron chi connectivity index (χ4n) is 1.50. The zero-order chi connectivity index (χ0) is 13.8. The van der Waals surface area contributed by atoms with Gasteiger partial charge in [-0.25, -0.2) is 4.98 Å². The Morgan fingerprint density at radius 2 is 2.05 bits per heavy atom. The van der Waals surface area contributed by atoms with Crippen LogP contribution in [0.2, 0.25) is 10.0 Å². The molecule has 0 aliphatic rings. The lowest BCUT2D eigenvalue weighted by Gasteiger charge is -2.09. The fraction of sp³-hybridized carbons (Fsp3) is 0.154. The third-order valence-corrected chi connectivity index (χ3v) is 3.42. The van der Waals surface area contributed by atoms with Crippen LogP contribution >= 0.6 is 39.1 Å². The van der Waals surface area contributed by atoms with Crippen LogP contribution in [0.1, 0.15) is 5.56 Å². The van der Waals surface area contributed by atoms with Gasteiger partial charge in [0.2, 0.25) is 5.88 Å². The summed E-state index contributed by atoms with van der Waals surface area (Å²) < 4.78 is 6.50. The number of halogens is 3. The van der Waals surface area contributed by atoms with Crippen molar-refractivity contribution in [2.24, 2.45) is 0 Å². The number of rotatable bonds is 4. The molecule has 2 rings (SSSR count). The molecule has 0 atom stereocenters. The molecule has 1 heterocycles. The van der Waals surface area contributed by atoms with Crippen LogP contribution in [0.25, 0.3) is 0 Å². The van der Waals surface area contributed by atoms with E-state index < -0.39 is 0 Å². The number of pyridine rings is 1. The van der Waals surface area contributed by atoms with Gasteiger partial charge < -0.3 is 10.1 Å². The lowest BCUT2D eigenvalue weighted by atomic mass is 10.3. The molecule has 6 heteroatoms. The van der Waals surface area contributed by atoms with E-state index in [-0.39, 0.29) is 0 Å². The number of benzene rings is 1. The Balaban J connectivity index is 2.25. The van der Waals surface area contributed by atoms with Crippen LogP contribution in [0, 0.1) is 0 Å². The van der Waals surface area contributed by atoms with Crippen LogP contribution in [0.15, 0.2) is 34.9 Å². The summed E-state index contributed by atoms with van der Waals surface area (Å²) in [6, 6.07) is 7.15. The monoisotopic (exact) mass is 360 g/mol. The highest BCUT2D eigenvalue weighted by Crippen LogP contribution is 2.34. The average molecular weight is 362 g/mol. The van der Waals surface area contributed by atoms with E-state index in [1.165, 1.54) is 0 Å². The Kier molecular flexibility index (Phi) is 5.05. The van der Waals surface area contributed by atoms with E-state index in [0.29, 0.717) is 28.2 Å². The van der Waals surface area contributed by atoms with Gasteiger partial charge in [-0.3, -0.25) is 0 Å². The van der Waals surface area contributed by atoms with Crippen LogP contribution in [-0.2, 0) is 6.54 Å². The van der Waals surface area contributed by atoms with Crippen molar-refractivity contribution in [2.45, 2.75) is 6.54 Å². The number of ether oxygens (including phenoxy) is 1. The van der Waals surface area contributed by atoms with Crippen LogP contribution in [0.4, 0.5) is 0 Å². The Morgan fingerprint density at radius 1 is 1.26 bits per heavy atom. The molecule has 1 aromatic heterocycles. The molecule has 0 fully saturated rings. The van der Waals surface area contributed by atoms with Crippen LogP contribution in [0.3, 0.4) is 0 Å². The predicted molar refractivity (Wildman–Crippen MR) is 81.2 cm³/mol. The highest BCUT2D eigenvalue weighted by molar-refractivity contribution is 9.10. The van der Waals surface area contributed by atoms with Gasteiger partial charge in [-0.2, -0.15) is 0 Å². The van der Waals surface area contributed by atoms with E-state index in [9.17, 15) is 0 Å². The molecule has 0 saturated heterocycles. The maximum absolute atomic E-state index is 6.14. The maximum Gasteiger partial charge on any atom is 0.238 e. The number of nitrogens with one attached hydrogen (secondary N) is 1. The van der Waals surface area contributed by atoms with E-state index in [1.807, 2.05) is 19.2 Å². The second-order valence-corrected chi connectivity index (χ2v) is 5.57. The van der Waals surface area contributed by atoms with Gasteiger partial charge in [0.15, 0.2) is 0 Å². The molecule has 1 N–H and O–H groups in total. The van der Waals surface area contributed by atoms with Crippen molar-refractivity contribution in [1.82, 2.24) is 10.3 Å². The summed E-state index contributed by atoms with van der Waals surface area (Å²) >= 11 is 15.5. The molecule has 0 aliphatic heterocycles. The molecule has 2 aromatic rings. The van der Waals surface area contributed by atoms with Crippen molar-refractivity contribution in [3.63, 3.8) is 0 Å². The molecule has 0 saturated carbocycles. The van der Waals surface area contributed by atoms with Gasteiger partial charge in [-0.1, -0.05) is 39.1 Å². The van der Waals surface area contributed by atoms with Crippen LogP contribution < -0.4 is 10.1 Å². The zero-order valence-corrected chi connectivity index (χ0v) is 13.2. The minimum atomic E-state index is 0.335. The molecule has 3 nitrogen and oxygen atoms in total. The fourth-order valence-corrected chi connectivity index (χ4v) is 2.22. The van der Waals surface area contributed by atoms with Gasteiger partial charge in [-0.05, 0) is 36.9 Å². The molecule has 0 bridgehead atoms. The van der Waals surface area contributed by atoms with Gasteiger partial charge in [-0.15, -0.1) is 0 Å². The minimum absolute atomic E-state index is 0.335. The average Bonchev–Trinajstić information content (AvgIpc) is 2.37. The Hall–Kier alpha value is -0.810. The molecule has 19 heavy (non-hydrogen) atoms. The molecule has 0 aliphatic carbocycles. The van der Waals surface area contributed by atoms with Gasteiger partial charge in [0, 0.05) is 17.2 Å². The van der Waals surface area contributed by atoms with Crippen molar-refractivity contribution < 1.29 is 4.74 Å². The molecular weight excluding hydrogens is 351 g/mol. The van der Waals surface area contributed by atoms with Gasteiger partial charge in [0.1, 0.15) is 10.8 Å². The van der Waals surface area contributed by atoms with Crippen molar-refractivity contribution in [2.75, 3.05) is 7.05 Å². The van der Waals surface area contributed by atoms with E-state index in [0.717, 1.165) is 10.0 Å². The summed E-state index contributed by atoms with van der Waals surface area (Å²) in [5, 5.41) is 3.98. The van der Waals surface area contributed by atoms with E-state index in [4.69, 9.17) is 27.9 Å². The molecule has 100 valence electrons. The molecular formula is C13H11BrCl2N2O. The van der Waals surface area contributed by atoms with Gasteiger partial charge in [0.25, 0.3) is 0 Å². The smallest absolute Gasteiger partial charge is 0.238 e. The van der Waals surface area contributed by atoms with Crippen molar-refractivity contribution >= 4 is 39.1 Å². The number of nitrogens with zero attached hydrogens (tertiary/aromatic N) is 1. The lowest BCUT2D eigenvalue weighted by Crippen LogP contribution is -2.05. The maximum atomic E-state index is 6.14. The summed E-state index contributed by atoms with van der Waals surface area (Å²) in [6.07, 6.45) is 1.71. The summed E-state index contributed by atoms with van der Waals surface area (Å²) in [7, 11) is 1.86. The molecule has 0 unspecified atom stereocenters. The quantitative estimate of drug-likeness (QED) is 0.859. The molecule has 1 aromatic carbocycles. The van der Waals surface area contributed by atoms with E-state index in [1.54, 1.807) is 18.3 Å². The minimum Gasteiger partial charge on any atom is -0.436 e. The predicted octanol–water partition coefficient (Wildman–Crippen LogP) is 4.66. The highest BCUT2D eigenvalue weighted by atomic mass is 79.9. The van der Waals surface area contributed by atoms with Crippen molar-refractivity contribution in [3.05, 3.63) is 50.5 Å². The lowest BCUT2D eigenvalue weighted by molar-refractivity contribution is 0.462. The number of aromatic nitrogens is 1. The molecule has 0 amide bonds. The van der Waals surface area contributed by atoms with E-state index >= 15 is 0 Å². The topological polar surface area (TPSA) is 34.2 Å². The van der Waals surface area contributed by atoms with Gasteiger partial charge in [0.05, 0.1) is 5.02 Å². The summed E-state index contributed by atoms with van der Waals surface area (Å²) in [5.74, 6) is 0.841. The first-order chi connectivity index (χ1) is 9.10. The van der Waals surface area contributed by atoms with Crippen molar-refractivity contribution in [3.8, 4) is 11.6 Å². The normalized spacial score (nSPS) is 10.5. The standard InChI is InChI=1S/C13H11BrCl2N2O/c1-17-6-8-4-11(16)13(18-7-8)19-12-5-9(14)2-3-10(12)15/h2-5,7,17H,6H2,1H3. The van der Waals surface area contributed by atoms with Crippen LogP contribution in [0.5, 0.6) is 11.6 Å². The van der Waals surface area contributed by atoms with E-state index in [2.05, 4.69) is 26.2 Å². The first-order valence-electron chi connectivity index (χ1n) is 5.52. The van der Waals surface area contributed by atoms with Gasteiger partial charge >= 0.3 is 0 Å². The Bertz CT molecular complexity index is 593. The van der Waals surface area contributed by atoms with Crippen molar-refractivity contribution in [1.29, 1.82) is 0 Å². The largest absolute Gasteiger partial charge is 0.436 e. The molecule has 0 radical (unpaired) electrons. The zero-order valence-electron chi connectivity index (χ0n) is 10.1. The highest BCUT2D eigenvalue weighted by Gasteiger charge is 2.09. The number of hydrogen-bond donors (Lipinski definition) is 1. The summed E-state index contributed by atoms with van der Waals surface area (Å²) in [4.78, 5) is 4.19. The Labute approximate surface area is 130 Å². The first kappa shape index (κ1) is 14.6. The summed E-state index contributed by atoms with van der Waals surface area (Å²) in [6.45, 7) is 0.699. The molecule has 0 spiro atoms. The third-order valence-electron chi connectivity index (χ3n) is 2.34. The summed E-state index contributed by atoms with van der Waals surface area (Å²) in [5.41, 5.74) is 0.986. The number of hydrogen-bond acceptors (Lipinski definition) is 3. The van der Waals surface area contributed by atoms with Crippen LogP contribution in [-0.4, -0.2) is 12.0 Å². The SMILES string of the molecule is CNCc1cnc(Oc2cc(Br)ccc2Cl)c(Cl)c1.